The van der Waals surface area contributed by atoms with E-state index in [1.165, 1.54) is 6.07 Å². The Labute approximate surface area is 122 Å². The van der Waals surface area contributed by atoms with E-state index in [4.69, 9.17) is 9.52 Å². The number of nitrogens with one attached hydrogen (secondary N) is 1. The molecule has 0 fully saturated rings. The zero-order chi connectivity index (χ0) is 15.6. The van der Waals surface area contributed by atoms with Crippen molar-refractivity contribution < 1.29 is 19.1 Å². The van der Waals surface area contributed by atoms with E-state index < -0.39 is 5.97 Å². The summed E-state index contributed by atoms with van der Waals surface area (Å²) in [5.74, 6) is -0.493. The SMILES string of the molecule is Cc1ccc(C)c(C(=O)NCc2cc(C(=O)O)c(C)o2)c1. The molecular weight excluding hydrogens is 270 g/mol. The van der Waals surface area contributed by atoms with Crippen molar-refractivity contribution in [3.8, 4) is 0 Å². The van der Waals surface area contributed by atoms with E-state index in [0.717, 1.165) is 11.1 Å². The zero-order valence-corrected chi connectivity index (χ0v) is 12.2. The Morgan fingerprint density at radius 3 is 2.48 bits per heavy atom. The first-order chi connectivity index (χ1) is 9.88. The molecule has 1 amide bonds. The second-order valence-electron chi connectivity index (χ2n) is 4.99. The molecule has 5 nitrogen and oxygen atoms in total. The van der Waals surface area contributed by atoms with Crippen LogP contribution in [0.1, 0.15) is 43.4 Å². The minimum Gasteiger partial charge on any atom is -0.478 e. The van der Waals surface area contributed by atoms with Gasteiger partial charge in [-0.3, -0.25) is 4.79 Å². The van der Waals surface area contributed by atoms with Gasteiger partial charge in [0.05, 0.1) is 6.54 Å². The maximum Gasteiger partial charge on any atom is 0.339 e. The first kappa shape index (κ1) is 14.8. The summed E-state index contributed by atoms with van der Waals surface area (Å²) in [6.07, 6.45) is 0. The maximum absolute atomic E-state index is 12.1. The number of aromatic carboxylic acids is 1. The standard InChI is InChI=1S/C16H17NO4/c1-9-4-5-10(2)13(6-9)15(18)17-8-12-7-14(16(19)20)11(3)21-12/h4-7H,8H2,1-3H3,(H,17,18)(H,19,20). The number of rotatable bonds is 4. The molecule has 0 aliphatic rings. The van der Waals surface area contributed by atoms with Crippen molar-refractivity contribution in [3.63, 3.8) is 0 Å². The highest BCUT2D eigenvalue weighted by Gasteiger charge is 2.15. The monoisotopic (exact) mass is 287 g/mol. The van der Waals surface area contributed by atoms with Crippen LogP contribution in [0.25, 0.3) is 0 Å². The molecule has 2 rings (SSSR count). The lowest BCUT2D eigenvalue weighted by atomic mass is 10.1. The number of furan rings is 1. The number of hydrogen-bond donors (Lipinski definition) is 2. The van der Waals surface area contributed by atoms with Gasteiger partial charge in [-0.05, 0) is 38.5 Å². The molecule has 1 aromatic carbocycles. The summed E-state index contributed by atoms with van der Waals surface area (Å²) in [5, 5.41) is 11.7. The van der Waals surface area contributed by atoms with Crippen LogP contribution in [0.15, 0.2) is 28.7 Å². The van der Waals surface area contributed by atoms with Crippen molar-refractivity contribution in [2.24, 2.45) is 0 Å². The molecule has 21 heavy (non-hydrogen) atoms. The molecule has 0 atom stereocenters. The molecule has 0 spiro atoms. The highest BCUT2D eigenvalue weighted by Crippen LogP contribution is 2.15. The summed E-state index contributed by atoms with van der Waals surface area (Å²) in [6.45, 7) is 5.53. The quantitative estimate of drug-likeness (QED) is 0.906. The van der Waals surface area contributed by atoms with Crippen LogP contribution in [0.2, 0.25) is 0 Å². The van der Waals surface area contributed by atoms with Gasteiger partial charge in [0.25, 0.3) is 5.91 Å². The van der Waals surface area contributed by atoms with Crippen LogP contribution in [0.5, 0.6) is 0 Å². The van der Waals surface area contributed by atoms with Gasteiger partial charge in [-0.25, -0.2) is 4.79 Å². The molecule has 5 heteroatoms. The number of carbonyl (C=O) groups is 2. The van der Waals surface area contributed by atoms with E-state index in [2.05, 4.69) is 5.32 Å². The fraction of sp³-hybridized carbons (Fsp3) is 0.250. The highest BCUT2D eigenvalue weighted by molar-refractivity contribution is 5.95. The number of carboxylic acid groups (broad SMARTS) is 1. The topological polar surface area (TPSA) is 79.5 Å². The molecule has 0 unspecified atom stereocenters. The predicted molar refractivity (Wildman–Crippen MR) is 77.5 cm³/mol. The molecule has 1 aromatic heterocycles. The largest absolute Gasteiger partial charge is 0.478 e. The fourth-order valence-corrected chi connectivity index (χ4v) is 2.09. The summed E-state index contributed by atoms with van der Waals surface area (Å²) >= 11 is 0. The molecular formula is C16H17NO4. The van der Waals surface area contributed by atoms with Crippen molar-refractivity contribution in [3.05, 3.63) is 58.0 Å². The summed E-state index contributed by atoms with van der Waals surface area (Å²) in [5.41, 5.74) is 2.62. The smallest absolute Gasteiger partial charge is 0.339 e. The Morgan fingerprint density at radius 2 is 1.86 bits per heavy atom. The summed E-state index contributed by atoms with van der Waals surface area (Å²) < 4.78 is 5.32. The van der Waals surface area contributed by atoms with E-state index in [-0.39, 0.29) is 18.0 Å². The minimum absolute atomic E-state index is 0.117. The van der Waals surface area contributed by atoms with Crippen molar-refractivity contribution >= 4 is 11.9 Å². The van der Waals surface area contributed by atoms with Gasteiger partial charge < -0.3 is 14.8 Å². The maximum atomic E-state index is 12.1. The number of hydrogen-bond acceptors (Lipinski definition) is 3. The van der Waals surface area contributed by atoms with E-state index in [9.17, 15) is 9.59 Å². The van der Waals surface area contributed by atoms with Crippen LogP contribution in [0.4, 0.5) is 0 Å². The van der Waals surface area contributed by atoms with Crippen molar-refractivity contribution in [2.45, 2.75) is 27.3 Å². The van der Waals surface area contributed by atoms with Gasteiger partial charge in [-0.2, -0.15) is 0 Å². The van der Waals surface area contributed by atoms with E-state index in [1.54, 1.807) is 6.92 Å². The number of aryl methyl sites for hydroxylation is 3. The Balaban J connectivity index is 2.09. The summed E-state index contributed by atoms with van der Waals surface area (Å²) in [4.78, 5) is 23.1. The molecule has 0 saturated carbocycles. The first-order valence-corrected chi connectivity index (χ1v) is 6.56. The van der Waals surface area contributed by atoms with Gasteiger partial charge in [-0.15, -0.1) is 0 Å². The molecule has 0 radical (unpaired) electrons. The van der Waals surface area contributed by atoms with Gasteiger partial charge in [0, 0.05) is 5.56 Å². The lowest BCUT2D eigenvalue weighted by Crippen LogP contribution is -2.23. The predicted octanol–water partition coefficient (Wildman–Crippen LogP) is 2.83. The Hall–Kier alpha value is -2.56. The van der Waals surface area contributed by atoms with Crippen LogP contribution < -0.4 is 5.32 Å². The third-order valence-electron chi connectivity index (χ3n) is 3.26. The van der Waals surface area contributed by atoms with Crippen molar-refractivity contribution in [2.75, 3.05) is 0 Å². The van der Waals surface area contributed by atoms with Crippen LogP contribution in [0.3, 0.4) is 0 Å². The summed E-state index contributed by atoms with van der Waals surface area (Å²) in [7, 11) is 0. The second kappa shape index (κ2) is 5.83. The fourth-order valence-electron chi connectivity index (χ4n) is 2.09. The van der Waals surface area contributed by atoms with Gasteiger partial charge >= 0.3 is 5.97 Å². The van der Waals surface area contributed by atoms with Crippen molar-refractivity contribution in [1.82, 2.24) is 5.32 Å². The minimum atomic E-state index is -1.04. The average Bonchev–Trinajstić information content (AvgIpc) is 2.80. The lowest BCUT2D eigenvalue weighted by molar-refractivity contribution is 0.0694. The number of carboxylic acids is 1. The van der Waals surface area contributed by atoms with Gasteiger partial charge in [0.2, 0.25) is 0 Å². The Kier molecular flexibility index (Phi) is 4.12. The second-order valence-corrected chi connectivity index (χ2v) is 4.99. The zero-order valence-electron chi connectivity index (χ0n) is 12.2. The first-order valence-electron chi connectivity index (χ1n) is 6.56. The van der Waals surface area contributed by atoms with E-state index in [1.807, 2.05) is 32.0 Å². The third kappa shape index (κ3) is 3.31. The molecule has 2 N–H and O–H groups in total. The van der Waals surface area contributed by atoms with Gasteiger partial charge in [0.1, 0.15) is 17.1 Å². The molecule has 0 saturated heterocycles. The molecule has 0 aliphatic heterocycles. The molecule has 0 aliphatic carbocycles. The molecule has 110 valence electrons. The van der Waals surface area contributed by atoms with Crippen LogP contribution in [-0.2, 0) is 6.54 Å². The molecule has 0 bridgehead atoms. The van der Waals surface area contributed by atoms with Gasteiger partial charge in [0.15, 0.2) is 0 Å². The van der Waals surface area contributed by atoms with E-state index >= 15 is 0 Å². The molecule has 1 heterocycles. The normalized spacial score (nSPS) is 10.4. The van der Waals surface area contributed by atoms with Crippen LogP contribution in [-0.4, -0.2) is 17.0 Å². The third-order valence-corrected chi connectivity index (χ3v) is 3.26. The lowest BCUT2D eigenvalue weighted by Gasteiger charge is -2.07. The number of carbonyl (C=O) groups excluding carboxylic acids is 1. The average molecular weight is 287 g/mol. The molecule has 2 aromatic rings. The summed E-state index contributed by atoms with van der Waals surface area (Å²) in [6, 6.07) is 7.09. The van der Waals surface area contributed by atoms with Crippen LogP contribution in [0, 0.1) is 20.8 Å². The van der Waals surface area contributed by atoms with E-state index in [0.29, 0.717) is 17.1 Å². The van der Waals surface area contributed by atoms with Crippen LogP contribution >= 0.6 is 0 Å². The Bertz CT molecular complexity index is 700. The number of amides is 1. The highest BCUT2D eigenvalue weighted by atomic mass is 16.4. The van der Waals surface area contributed by atoms with Crippen molar-refractivity contribution in [1.29, 1.82) is 0 Å². The van der Waals surface area contributed by atoms with Gasteiger partial charge in [-0.1, -0.05) is 17.7 Å². The number of benzene rings is 1. The Morgan fingerprint density at radius 1 is 1.14 bits per heavy atom.